The number of rotatable bonds is 6. The summed E-state index contributed by atoms with van der Waals surface area (Å²) >= 11 is 1.63. The van der Waals surface area contributed by atoms with E-state index in [9.17, 15) is 4.79 Å². The molecule has 0 aliphatic carbocycles. The number of hydrogen-bond donors (Lipinski definition) is 1. The first-order chi connectivity index (χ1) is 16.3. The molecule has 0 bridgehead atoms. The number of nitrogens with one attached hydrogen (secondary N) is 1. The van der Waals surface area contributed by atoms with E-state index >= 15 is 0 Å². The summed E-state index contributed by atoms with van der Waals surface area (Å²) in [7, 11) is 3.20. The number of aromatic nitrogens is 4. The van der Waals surface area contributed by atoms with Gasteiger partial charge < -0.3 is 19.5 Å². The molecule has 4 aromatic rings. The molecular weight excluding hydrogens is 454 g/mol. The van der Waals surface area contributed by atoms with Crippen LogP contribution >= 0.6 is 11.3 Å². The highest BCUT2D eigenvalue weighted by Crippen LogP contribution is 2.39. The molecule has 1 aliphatic rings. The van der Waals surface area contributed by atoms with Gasteiger partial charge in [0.05, 0.1) is 31.8 Å². The number of ether oxygens (including phenoxy) is 3. The minimum absolute atomic E-state index is 0.135. The van der Waals surface area contributed by atoms with E-state index < -0.39 is 0 Å². The molecule has 0 radical (unpaired) electrons. The Hall–Kier alpha value is -3.24. The summed E-state index contributed by atoms with van der Waals surface area (Å²) in [5.41, 5.74) is 2.63. The first-order valence-corrected chi connectivity index (χ1v) is 11.9. The lowest BCUT2D eigenvalue weighted by molar-refractivity contribution is -0.0379. The third-order valence-corrected chi connectivity index (χ3v) is 7.12. The highest BCUT2D eigenvalue weighted by molar-refractivity contribution is 7.19. The second kappa shape index (κ2) is 8.52. The Morgan fingerprint density at radius 3 is 2.79 bits per heavy atom. The van der Waals surface area contributed by atoms with Gasteiger partial charge >= 0.3 is 0 Å². The molecule has 178 valence electrons. The fourth-order valence-electron chi connectivity index (χ4n) is 4.27. The van der Waals surface area contributed by atoms with Crippen LogP contribution < -0.4 is 14.8 Å². The van der Waals surface area contributed by atoms with Crippen molar-refractivity contribution in [2.75, 3.05) is 20.8 Å². The average Bonchev–Trinajstić information content (AvgIpc) is 3.40. The number of aryl methyl sites for hydroxylation is 1. The smallest absolute Gasteiger partial charge is 0.291 e. The van der Waals surface area contributed by atoms with E-state index in [2.05, 4.69) is 29.2 Å². The minimum atomic E-state index is -0.315. The second-order valence-electron chi connectivity index (χ2n) is 8.93. The summed E-state index contributed by atoms with van der Waals surface area (Å²) in [5.74, 6) is 1.84. The molecule has 1 amide bonds. The van der Waals surface area contributed by atoms with Crippen LogP contribution in [0.1, 0.15) is 46.3 Å². The molecule has 0 saturated heterocycles. The lowest BCUT2D eigenvalue weighted by Crippen LogP contribution is -2.31. The Morgan fingerprint density at radius 2 is 2.03 bits per heavy atom. The van der Waals surface area contributed by atoms with Gasteiger partial charge in [-0.1, -0.05) is 6.07 Å². The summed E-state index contributed by atoms with van der Waals surface area (Å²) in [6.07, 6.45) is 1.40. The maximum Gasteiger partial charge on any atom is 0.291 e. The maximum absolute atomic E-state index is 12.9. The zero-order valence-corrected chi connectivity index (χ0v) is 20.7. The molecule has 1 aromatic carbocycles. The number of carbonyl (C=O) groups is 1. The molecule has 0 saturated carbocycles. The monoisotopic (exact) mass is 481 g/mol. The number of nitrogens with zero attached hydrogens (tertiary/aromatic N) is 4. The van der Waals surface area contributed by atoms with Crippen molar-refractivity contribution in [3.05, 3.63) is 45.9 Å². The number of amides is 1. The van der Waals surface area contributed by atoms with Gasteiger partial charge in [-0.2, -0.15) is 4.52 Å². The van der Waals surface area contributed by atoms with Gasteiger partial charge in [0.25, 0.3) is 5.91 Å². The van der Waals surface area contributed by atoms with E-state index in [4.69, 9.17) is 19.2 Å². The summed E-state index contributed by atoms with van der Waals surface area (Å²) in [5, 5.41) is 8.37. The Labute approximate surface area is 201 Å². The van der Waals surface area contributed by atoms with E-state index in [1.54, 1.807) is 30.1 Å². The normalized spacial score (nSPS) is 14.9. The summed E-state index contributed by atoms with van der Waals surface area (Å²) in [4.78, 5) is 24.3. The number of hydrogen-bond acceptors (Lipinski definition) is 8. The van der Waals surface area contributed by atoms with Crippen molar-refractivity contribution in [1.29, 1.82) is 0 Å². The Bertz CT molecular complexity index is 1410. The first kappa shape index (κ1) is 22.5. The Morgan fingerprint density at radius 1 is 1.24 bits per heavy atom. The van der Waals surface area contributed by atoms with Crippen LogP contribution in [0.5, 0.6) is 11.5 Å². The average molecular weight is 482 g/mol. The quantitative estimate of drug-likeness (QED) is 0.450. The lowest BCUT2D eigenvalue weighted by Gasteiger charge is -2.30. The van der Waals surface area contributed by atoms with Gasteiger partial charge in [0, 0.05) is 17.8 Å². The maximum atomic E-state index is 12.9. The molecular formula is C24H27N5O4S. The minimum Gasteiger partial charge on any atom is -0.493 e. The molecule has 3 aromatic heterocycles. The zero-order chi connectivity index (χ0) is 24.0. The van der Waals surface area contributed by atoms with E-state index in [1.807, 2.05) is 25.1 Å². The van der Waals surface area contributed by atoms with E-state index in [1.165, 1.54) is 10.4 Å². The molecule has 0 unspecified atom stereocenters. The van der Waals surface area contributed by atoms with Crippen LogP contribution in [0.25, 0.3) is 15.9 Å². The van der Waals surface area contributed by atoms with Crippen LogP contribution in [0.3, 0.4) is 0 Å². The molecule has 10 heteroatoms. The zero-order valence-electron chi connectivity index (χ0n) is 19.9. The number of thiophene rings is 1. The van der Waals surface area contributed by atoms with E-state index in [0.717, 1.165) is 22.2 Å². The molecule has 1 N–H and O–H groups in total. The second-order valence-corrected chi connectivity index (χ2v) is 10.0. The number of fused-ring (bicyclic) bond motifs is 5. The van der Waals surface area contributed by atoms with Gasteiger partial charge in [0.15, 0.2) is 17.1 Å². The lowest BCUT2D eigenvalue weighted by atomic mass is 9.94. The van der Waals surface area contributed by atoms with Gasteiger partial charge in [-0.05, 0) is 50.5 Å². The van der Waals surface area contributed by atoms with E-state index in [-0.39, 0.29) is 17.3 Å². The van der Waals surface area contributed by atoms with Crippen LogP contribution in [0, 0.1) is 6.92 Å². The van der Waals surface area contributed by atoms with Crippen LogP contribution in [0.15, 0.2) is 18.2 Å². The summed E-state index contributed by atoms with van der Waals surface area (Å²) in [6.45, 7) is 7.04. The Balaban J connectivity index is 1.39. The van der Waals surface area contributed by atoms with Crippen LogP contribution in [0.4, 0.5) is 0 Å². The van der Waals surface area contributed by atoms with Crippen molar-refractivity contribution >= 4 is 33.1 Å². The van der Waals surface area contributed by atoms with Gasteiger partial charge in [0.1, 0.15) is 10.7 Å². The molecule has 34 heavy (non-hydrogen) atoms. The predicted molar refractivity (Wildman–Crippen MR) is 129 cm³/mol. The highest BCUT2D eigenvalue weighted by Gasteiger charge is 2.31. The van der Waals surface area contributed by atoms with Crippen molar-refractivity contribution in [3.8, 4) is 11.5 Å². The molecule has 9 nitrogen and oxygen atoms in total. The third kappa shape index (κ3) is 3.97. The molecule has 4 heterocycles. The van der Waals surface area contributed by atoms with E-state index in [0.29, 0.717) is 42.5 Å². The highest BCUT2D eigenvalue weighted by atomic mass is 32.1. The largest absolute Gasteiger partial charge is 0.493 e. The third-order valence-electron chi connectivity index (χ3n) is 6.02. The number of carbonyl (C=O) groups excluding carboxylic acids is 1. The van der Waals surface area contributed by atoms with Crippen molar-refractivity contribution < 1.29 is 19.0 Å². The molecule has 0 spiro atoms. The molecule has 0 fully saturated rings. The van der Waals surface area contributed by atoms with Gasteiger partial charge in [-0.3, -0.25) is 4.79 Å². The van der Waals surface area contributed by atoms with Crippen molar-refractivity contribution in [2.45, 2.75) is 45.8 Å². The van der Waals surface area contributed by atoms with Crippen molar-refractivity contribution in [1.82, 2.24) is 24.9 Å². The number of methoxy groups -OCH3 is 2. The fourth-order valence-corrected chi connectivity index (χ4v) is 5.42. The van der Waals surface area contributed by atoms with Crippen LogP contribution in [-0.4, -0.2) is 51.9 Å². The van der Waals surface area contributed by atoms with Crippen molar-refractivity contribution in [2.24, 2.45) is 0 Å². The summed E-state index contributed by atoms with van der Waals surface area (Å²) in [6, 6.07) is 5.72. The van der Waals surface area contributed by atoms with Crippen LogP contribution in [-0.2, 0) is 24.2 Å². The summed E-state index contributed by atoms with van der Waals surface area (Å²) < 4.78 is 18.3. The number of benzene rings is 1. The van der Waals surface area contributed by atoms with Gasteiger partial charge in [-0.25, -0.2) is 9.97 Å². The SMILES string of the molecule is COc1ccc(CCNC(=O)c2nc3c4c5c(sc4nc(C)n3n2)COC(C)(C)C5)cc1OC. The van der Waals surface area contributed by atoms with Gasteiger partial charge in [-0.15, -0.1) is 16.4 Å². The standard InChI is InChI=1S/C24H27N5O4S/c1-13-26-23-19(15-11-24(2,3)33-12-18(15)34-23)21-27-20(28-29(13)21)22(30)25-9-8-14-6-7-16(31-4)17(10-14)32-5/h6-7,10H,8-9,11-12H2,1-5H3,(H,25,30). The molecule has 5 rings (SSSR count). The molecule has 1 aliphatic heterocycles. The van der Waals surface area contributed by atoms with Crippen LogP contribution in [0.2, 0.25) is 0 Å². The molecule has 0 atom stereocenters. The van der Waals surface area contributed by atoms with Gasteiger partial charge in [0.2, 0.25) is 5.82 Å². The Kier molecular flexibility index (Phi) is 5.65. The topological polar surface area (TPSA) is 99.9 Å². The fraction of sp³-hybridized carbons (Fsp3) is 0.417. The predicted octanol–water partition coefficient (Wildman–Crippen LogP) is 3.49. The first-order valence-electron chi connectivity index (χ1n) is 11.1. The van der Waals surface area contributed by atoms with Crippen molar-refractivity contribution in [3.63, 3.8) is 0 Å².